The number of thiophene rings is 1. The molecular formula is C7H5N3O2S. The SMILES string of the molecule is O=C(O)c1cn(-c2cccs2)nn1. The number of carboxylic acid groups (broad SMARTS) is 1. The minimum absolute atomic E-state index is 0.0478. The second kappa shape index (κ2) is 2.98. The summed E-state index contributed by atoms with van der Waals surface area (Å²) in [4.78, 5) is 10.5. The molecule has 13 heavy (non-hydrogen) atoms. The summed E-state index contributed by atoms with van der Waals surface area (Å²) in [7, 11) is 0. The quantitative estimate of drug-likeness (QED) is 0.777. The highest BCUT2D eigenvalue weighted by atomic mass is 32.1. The number of hydrogen-bond acceptors (Lipinski definition) is 4. The maximum atomic E-state index is 10.5. The monoisotopic (exact) mass is 195 g/mol. The molecule has 2 aromatic heterocycles. The Morgan fingerprint density at radius 1 is 1.62 bits per heavy atom. The van der Waals surface area contributed by atoms with Gasteiger partial charge in [-0.1, -0.05) is 5.21 Å². The second-order valence-corrected chi connectivity index (χ2v) is 3.23. The van der Waals surface area contributed by atoms with E-state index in [4.69, 9.17) is 5.11 Å². The van der Waals surface area contributed by atoms with Gasteiger partial charge in [0, 0.05) is 0 Å². The van der Waals surface area contributed by atoms with E-state index in [1.54, 1.807) is 0 Å². The number of hydrogen-bond donors (Lipinski definition) is 1. The van der Waals surface area contributed by atoms with Crippen LogP contribution in [-0.4, -0.2) is 26.1 Å². The fourth-order valence-corrected chi connectivity index (χ4v) is 1.52. The lowest BCUT2D eigenvalue weighted by atomic mass is 10.5. The summed E-state index contributed by atoms with van der Waals surface area (Å²) in [5.74, 6) is -1.07. The molecule has 0 aliphatic heterocycles. The Morgan fingerprint density at radius 2 is 2.46 bits per heavy atom. The maximum absolute atomic E-state index is 10.5. The van der Waals surface area contributed by atoms with Crippen molar-refractivity contribution >= 4 is 17.3 Å². The zero-order valence-corrected chi connectivity index (χ0v) is 7.23. The molecule has 1 N–H and O–H groups in total. The molecule has 0 radical (unpaired) electrons. The van der Waals surface area contributed by atoms with Gasteiger partial charge in [-0.2, -0.15) is 0 Å². The van der Waals surface area contributed by atoms with Gasteiger partial charge in [-0.05, 0) is 17.5 Å². The van der Waals surface area contributed by atoms with Crippen molar-refractivity contribution in [2.24, 2.45) is 0 Å². The van der Waals surface area contributed by atoms with E-state index < -0.39 is 5.97 Å². The molecule has 0 aromatic carbocycles. The van der Waals surface area contributed by atoms with Gasteiger partial charge >= 0.3 is 5.97 Å². The van der Waals surface area contributed by atoms with Crippen LogP contribution < -0.4 is 0 Å². The van der Waals surface area contributed by atoms with E-state index in [1.165, 1.54) is 22.2 Å². The topological polar surface area (TPSA) is 68.0 Å². The first-order chi connectivity index (χ1) is 6.27. The molecule has 0 fully saturated rings. The summed E-state index contributed by atoms with van der Waals surface area (Å²) in [5, 5.41) is 18.5. The van der Waals surface area contributed by atoms with Crippen molar-refractivity contribution in [1.82, 2.24) is 15.0 Å². The van der Waals surface area contributed by atoms with Crippen LogP contribution in [0.15, 0.2) is 23.7 Å². The van der Waals surface area contributed by atoms with Gasteiger partial charge in [0.15, 0.2) is 5.69 Å². The van der Waals surface area contributed by atoms with Crippen LogP contribution in [0, 0.1) is 0 Å². The van der Waals surface area contributed by atoms with Crippen LogP contribution in [-0.2, 0) is 0 Å². The lowest BCUT2D eigenvalue weighted by Gasteiger charge is -1.90. The number of carboxylic acids is 1. The molecule has 0 bridgehead atoms. The molecule has 0 amide bonds. The van der Waals surface area contributed by atoms with E-state index in [0.717, 1.165) is 5.00 Å². The zero-order chi connectivity index (χ0) is 9.26. The van der Waals surface area contributed by atoms with Crippen molar-refractivity contribution in [3.63, 3.8) is 0 Å². The van der Waals surface area contributed by atoms with Gasteiger partial charge in [-0.3, -0.25) is 0 Å². The van der Waals surface area contributed by atoms with E-state index in [9.17, 15) is 4.79 Å². The van der Waals surface area contributed by atoms with Gasteiger partial charge in [0.1, 0.15) is 5.00 Å². The molecule has 0 saturated heterocycles. The Kier molecular flexibility index (Phi) is 1.82. The number of aromatic nitrogens is 3. The summed E-state index contributed by atoms with van der Waals surface area (Å²) in [6.07, 6.45) is 1.38. The lowest BCUT2D eigenvalue weighted by Crippen LogP contribution is -1.95. The molecule has 0 aliphatic rings. The van der Waals surface area contributed by atoms with Crippen molar-refractivity contribution in [1.29, 1.82) is 0 Å². The molecule has 0 spiro atoms. The van der Waals surface area contributed by atoms with Crippen molar-refractivity contribution in [2.45, 2.75) is 0 Å². The summed E-state index contributed by atoms with van der Waals surface area (Å²) >= 11 is 1.47. The van der Waals surface area contributed by atoms with E-state index >= 15 is 0 Å². The van der Waals surface area contributed by atoms with Crippen LogP contribution in [0.3, 0.4) is 0 Å². The molecule has 0 aliphatic carbocycles. The number of nitrogens with zero attached hydrogens (tertiary/aromatic N) is 3. The molecule has 2 rings (SSSR count). The van der Waals surface area contributed by atoms with Crippen molar-refractivity contribution in [3.8, 4) is 5.00 Å². The maximum Gasteiger partial charge on any atom is 0.358 e. The third-order valence-electron chi connectivity index (χ3n) is 1.44. The minimum Gasteiger partial charge on any atom is -0.476 e. The first-order valence-corrected chi connectivity index (χ1v) is 4.35. The third-order valence-corrected chi connectivity index (χ3v) is 2.30. The molecule has 2 aromatic rings. The Morgan fingerprint density at radius 3 is 3.00 bits per heavy atom. The summed E-state index contributed by atoms with van der Waals surface area (Å²) in [6, 6.07) is 3.70. The summed E-state index contributed by atoms with van der Waals surface area (Å²) in [5.41, 5.74) is -0.0478. The van der Waals surface area contributed by atoms with Crippen molar-refractivity contribution < 1.29 is 9.90 Å². The Labute approximate surface area is 77.2 Å². The average molecular weight is 195 g/mol. The van der Waals surface area contributed by atoms with Gasteiger partial charge in [0.05, 0.1) is 6.20 Å². The molecule has 0 unspecified atom stereocenters. The van der Waals surface area contributed by atoms with Gasteiger partial charge in [-0.25, -0.2) is 9.48 Å². The Hall–Kier alpha value is -1.69. The fraction of sp³-hybridized carbons (Fsp3) is 0. The highest BCUT2D eigenvalue weighted by Gasteiger charge is 2.08. The van der Waals surface area contributed by atoms with Crippen molar-refractivity contribution in [2.75, 3.05) is 0 Å². The molecule has 6 heteroatoms. The third kappa shape index (κ3) is 1.43. The van der Waals surface area contributed by atoms with Crippen LogP contribution >= 0.6 is 11.3 Å². The predicted octanol–water partition coefficient (Wildman–Crippen LogP) is 1.03. The largest absolute Gasteiger partial charge is 0.476 e. The van der Waals surface area contributed by atoms with Gasteiger partial charge in [0.25, 0.3) is 0 Å². The number of rotatable bonds is 2. The fourth-order valence-electron chi connectivity index (χ4n) is 0.870. The Balaban J connectivity index is 2.39. The van der Waals surface area contributed by atoms with Crippen LogP contribution in [0.25, 0.3) is 5.00 Å². The predicted molar refractivity (Wildman–Crippen MR) is 46.2 cm³/mol. The standard InChI is InChI=1S/C7H5N3O2S/c11-7(12)5-4-10(9-8-5)6-2-1-3-13-6/h1-4H,(H,11,12). The van der Waals surface area contributed by atoms with Gasteiger partial charge < -0.3 is 5.11 Å². The van der Waals surface area contributed by atoms with E-state index in [0.29, 0.717) is 0 Å². The van der Waals surface area contributed by atoms with Crippen molar-refractivity contribution in [3.05, 3.63) is 29.4 Å². The zero-order valence-electron chi connectivity index (χ0n) is 6.41. The first-order valence-electron chi connectivity index (χ1n) is 3.47. The normalized spacial score (nSPS) is 10.2. The molecule has 66 valence electrons. The van der Waals surface area contributed by atoms with Crippen LogP contribution in [0.5, 0.6) is 0 Å². The highest BCUT2D eigenvalue weighted by molar-refractivity contribution is 7.12. The van der Waals surface area contributed by atoms with Crippen LogP contribution in [0.4, 0.5) is 0 Å². The van der Waals surface area contributed by atoms with Crippen LogP contribution in [0.1, 0.15) is 10.5 Å². The molecule has 0 atom stereocenters. The number of carbonyl (C=O) groups is 1. The first kappa shape index (κ1) is 7.93. The number of aromatic carboxylic acids is 1. The van der Waals surface area contributed by atoms with Gasteiger partial charge in [-0.15, -0.1) is 16.4 Å². The smallest absolute Gasteiger partial charge is 0.358 e. The highest BCUT2D eigenvalue weighted by Crippen LogP contribution is 2.13. The second-order valence-electron chi connectivity index (χ2n) is 2.30. The van der Waals surface area contributed by atoms with E-state index in [-0.39, 0.29) is 5.69 Å². The average Bonchev–Trinajstić information content (AvgIpc) is 2.75. The van der Waals surface area contributed by atoms with E-state index in [1.807, 2.05) is 17.5 Å². The molecule has 5 nitrogen and oxygen atoms in total. The lowest BCUT2D eigenvalue weighted by molar-refractivity contribution is 0.0690. The van der Waals surface area contributed by atoms with Crippen LogP contribution in [0.2, 0.25) is 0 Å². The molecular weight excluding hydrogens is 190 g/mol. The van der Waals surface area contributed by atoms with E-state index in [2.05, 4.69) is 10.3 Å². The molecule has 2 heterocycles. The summed E-state index contributed by atoms with van der Waals surface area (Å²) in [6.45, 7) is 0. The minimum atomic E-state index is -1.07. The summed E-state index contributed by atoms with van der Waals surface area (Å²) < 4.78 is 1.44. The Bertz CT molecular complexity index is 421. The van der Waals surface area contributed by atoms with Gasteiger partial charge in [0.2, 0.25) is 0 Å². The molecule has 0 saturated carbocycles.